The van der Waals surface area contributed by atoms with Crippen LogP contribution in [0.5, 0.6) is 0 Å². The van der Waals surface area contributed by atoms with Crippen LogP contribution < -0.4 is 5.11 Å². The van der Waals surface area contributed by atoms with Crippen LogP contribution in [-0.4, -0.2) is 5.97 Å². The largest absolute Gasteiger partial charge is 0.544 e. The maximum absolute atomic E-state index is 10.4. The Kier molecular flexibility index (Phi) is 1.46. The van der Waals surface area contributed by atoms with E-state index in [0.29, 0.717) is 4.88 Å². The molecule has 0 bridgehead atoms. The van der Waals surface area contributed by atoms with Crippen LogP contribution in [0.3, 0.4) is 0 Å². The van der Waals surface area contributed by atoms with Crippen LogP contribution >= 0.6 is 11.3 Å². The molecular weight excluding hydrogens is 160 g/mol. The van der Waals surface area contributed by atoms with Gasteiger partial charge in [-0.2, -0.15) is 0 Å². The van der Waals surface area contributed by atoms with Crippen molar-refractivity contribution in [3.63, 3.8) is 0 Å². The molecular formula is C8H7O2S-. The van der Waals surface area contributed by atoms with Gasteiger partial charge in [0.25, 0.3) is 0 Å². The molecule has 0 aromatic carbocycles. The summed E-state index contributed by atoms with van der Waals surface area (Å²) in [4.78, 5) is 12.0. The fraction of sp³-hybridized carbons (Fsp3) is 0.375. The molecule has 0 N–H and O–H groups in total. The summed E-state index contributed by atoms with van der Waals surface area (Å²) >= 11 is 1.37. The van der Waals surface area contributed by atoms with Gasteiger partial charge >= 0.3 is 0 Å². The predicted octanol–water partition coefficient (Wildman–Crippen LogP) is 0.600. The topological polar surface area (TPSA) is 40.1 Å². The maximum atomic E-state index is 10.4. The highest BCUT2D eigenvalue weighted by Gasteiger charge is 2.14. The molecule has 1 aromatic heterocycles. The van der Waals surface area contributed by atoms with Crippen LogP contribution in [0, 0.1) is 0 Å². The summed E-state index contributed by atoms with van der Waals surface area (Å²) in [5.74, 6) is -1.04. The fourth-order valence-electron chi connectivity index (χ4n) is 1.43. The molecule has 0 aliphatic heterocycles. The molecule has 2 nitrogen and oxygen atoms in total. The molecule has 0 unspecified atom stereocenters. The number of hydrogen-bond donors (Lipinski definition) is 0. The third-order valence-corrected chi connectivity index (χ3v) is 3.16. The second kappa shape index (κ2) is 2.34. The first kappa shape index (κ1) is 6.85. The van der Waals surface area contributed by atoms with E-state index in [0.717, 1.165) is 12.8 Å². The number of thiophene rings is 1. The summed E-state index contributed by atoms with van der Waals surface area (Å²) in [5.41, 5.74) is 1.22. The number of carboxylic acids is 1. The lowest BCUT2D eigenvalue weighted by Crippen LogP contribution is -2.20. The van der Waals surface area contributed by atoms with E-state index in [1.54, 1.807) is 6.07 Å². The normalized spacial score (nSPS) is 14.9. The van der Waals surface area contributed by atoms with E-state index in [-0.39, 0.29) is 0 Å². The van der Waals surface area contributed by atoms with Crippen molar-refractivity contribution in [3.05, 3.63) is 21.4 Å². The smallest absolute Gasteiger partial charge is 0.0815 e. The summed E-state index contributed by atoms with van der Waals surface area (Å²) in [5, 5.41) is 10.4. The minimum absolute atomic E-state index is 0.384. The van der Waals surface area contributed by atoms with Crippen LogP contribution in [-0.2, 0) is 12.8 Å². The van der Waals surface area contributed by atoms with Gasteiger partial charge in [-0.15, -0.1) is 11.3 Å². The SMILES string of the molecule is O=C([O-])c1cc2c(s1)CCC2. The molecule has 1 aromatic rings. The number of aryl methyl sites for hydroxylation is 2. The second-order valence-corrected chi connectivity index (χ2v) is 3.84. The van der Waals surface area contributed by atoms with Gasteiger partial charge in [-0.05, 0) is 30.9 Å². The van der Waals surface area contributed by atoms with Crippen molar-refractivity contribution in [2.75, 3.05) is 0 Å². The third kappa shape index (κ3) is 1.05. The number of rotatable bonds is 1. The lowest BCUT2D eigenvalue weighted by molar-refractivity contribution is -0.254. The molecule has 0 amide bonds. The van der Waals surface area contributed by atoms with E-state index >= 15 is 0 Å². The molecule has 0 atom stereocenters. The zero-order valence-corrected chi connectivity index (χ0v) is 6.74. The molecule has 11 heavy (non-hydrogen) atoms. The molecule has 58 valence electrons. The minimum Gasteiger partial charge on any atom is -0.544 e. The summed E-state index contributed by atoms with van der Waals surface area (Å²) < 4.78 is 0. The van der Waals surface area contributed by atoms with Crippen molar-refractivity contribution in [3.8, 4) is 0 Å². The van der Waals surface area contributed by atoms with Gasteiger partial charge in [-0.3, -0.25) is 0 Å². The van der Waals surface area contributed by atoms with Gasteiger partial charge < -0.3 is 9.90 Å². The number of carboxylic acid groups (broad SMARTS) is 1. The lowest BCUT2D eigenvalue weighted by Gasteiger charge is -1.94. The second-order valence-electron chi connectivity index (χ2n) is 2.70. The summed E-state index contributed by atoms with van der Waals surface area (Å²) in [6.45, 7) is 0. The Hall–Kier alpha value is -0.830. The van der Waals surface area contributed by atoms with Gasteiger partial charge in [0.15, 0.2) is 0 Å². The Morgan fingerprint density at radius 1 is 1.55 bits per heavy atom. The van der Waals surface area contributed by atoms with Gasteiger partial charge in [0.2, 0.25) is 0 Å². The van der Waals surface area contributed by atoms with Crippen molar-refractivity contribution in [1.29, 1.82) is 0 Å². The van der Waals surface area contributed by atoms with Crippen LogP contribution in [0.4, 0.5) is 0 Å². The van der Waals surface area contributed by atoms with Gasteiger partial charge in [0.1, 0.15) is 0 Å². The van der Waals surface area contributed by atoms with Crippen molar-refractivity contribution in [2.45, 2.75) is 19.3 Å². The molecule has 2 rings (SSSR count). The number of carbonyl (C=O) groups excluding carboxylic acids is 1. The zero-order valence-electron chi connectivity index (χ0n) is 5.92. The number of hydrogen-bond acceptors (Lipinski definition) is 3. The first-order valence-corrected chi connectivity index (χ1v) is 4.42. The van der Waals surface area contributed by atoms with Gasteiger partial charge in [-0.1, -0.05) is 0 Å². The summed E-state index contributed by atoms with van der Waals surface area (Å²) in [6.07, 6.45) is 3.26. The molecule has 0 radical (unpaired) electrons. The Balaban J connectivity index is 2.42. The average Bonchev–Trinajstić information content (AvgIpc) is 2.40. The molecule has 0 spiro atoms. The van der Waals surface area contributed by atoms with Gasteiger partial charge in [0, 0.05) is 4.88 Å². The van der Waals surface area contributed by atoms with Gasteiger partial charge in [-0.25, -0.2) is 0 Å². The number of fused-ring (bicyclic) bond motifs is 1. The molecule has 0 saturated heterocycles. The Morgan fingerprint density at radius 2 is 2.36 bits per heavy atom. The van der Waals surface area contributed by atoms with Gasteiger partial charge in [0.05, 0.1) is 10.8 Å². The Bertz CT molecular complexity index is 280. The number of carbonyl (C=O) groups is 1. The van der Waals surface area contributed by atoms with E-state index in [4.69, 9.17) is 0 Å². The Morgan fingerprint density at radius 3 is 3.00 bits per heavy atom. The van der Waals surface area contributed by atoms with Crippen molar-refractivity contribution in [1.82, 2.24) is 0 Å². The highest BCUT2D eigenvalue weighted by molar-refractivity contribution is 7.14. The quantitative estimate of drug-likeness (QED) is 0.614. The Labute approximate surface area is 68.5 Å². The number of aromatic carboxylic acids is 1. The van der Waals surface area contributed by atoms with Crippen molar-refractivity contribution < 1.29 is 9.90 Å². The molecule has 1 aliphatic carbocycles. The fourth-order valence-corrected chi connectivity index (χ4v) is 2.52. The lowest BCUT2D eigenvalue weighted by atomic mass is 10.2. The molecule has 0 fully saturated rings. The molecule has 0 saturated carbocycles. The summed E-state index contributed by atoms with van der Waals surface area (Å²) in [7, 11) is 0. The van der Waals surface area contributed by atoms with Crippen molar-refractivity contribution >= 4 is 17.3 Å². The monoisotopic (exact) mass is 167 g/mol. The van der Waals surface area contributed by atoms with Crippen molar-refractivity contribution in [2.24, 2.45) is 0 Å². The van der Waals surface area contributed by atoms with Crippen LogP contribution in [0.15, 0.2) is 6.07 Å². The average molecular weight is 167 g/mol. The van der Waals surface area contributed by atoms with Crippen LogP contribution in [0.2, 0.25) is 0 Å². The maximum Gasteiger partial charge on any atom is 0.0815 e. The molecule has 1 heterocycles. The molecule has 3 heteroatoms. The van der Waals surface area contributed by atoms with Crippen LogP contribution in [0.1, 0.15) is 26.5 Å². The predicted molar refractivity (Wildman–Crippen MR) is 40.7 cm³/mol. The first-order valence-electron chi connectivity index (χ1n) is 3.60. The van der Waals surface area contributed by atoms with E-state index in [2.05, 4.69) is 0 Å². The van der Waals surface area contributed by atoms with E-state index in [1.165, 1.54) is 28.2 Å². The highest BCUT2D eigenvalue weighted by atomic mass is 32.1. The van der Waals surface area contributed by atoms with E-state index in [9.17, 15) is 9.90 Å². The zero-order chi connectivity index (χ0) is 7.84. The van der Waals surface area contributed by atoms with Crippen LogP contribution in [0.25, 0.3) is 0 Å². The third-order valence-electron chi connectivity index (χ3n) is 1.95. The minimum atomic E-state index is -1.04. The molecule has 1 aliphatic rings. The van der Waals surface area contributed by atoms with E-state index < -0.39 is 5.97 Å². The standard InChI is InChI=1S/C8H8O2S/c9-8(10)7-4-5-2-1-3-6(5)11-7/h4H,1-3H2,(H,9,10)/p-1. The first-order chi connectivity index (χ1) is 5.27. The van der Waals surface area contributed by atoms with E-state index in [1.807, 2.05) is 0 Å². The highest BCUT2D eigenvalue weighted by Crippen LogP contribution is 2.29. The summed E-state index contributed by atoms with van der Waals surface area (Å²) in [6, 6.07) is 1.75.